The van der Waals surface area contributed by atoms with E-state index in [4.69, 9.17) is 0 Å². The summed E-state index contributed by atoms with van der Waals surface area (Å²) in [6, 6.07) is 2.15. The largest absolute Gasteiger partial charge is 0.321 e. The fourth-order valence-corrected chi connectivity index (χ4v) is 4.03. The second-order valence-corrected chi connectivity index (χ2v) is 7.34. The number of thiophene rings is 1. The van der Waals surface area contributed by atoms with Gasteiger partial charge >= 0.3 is 0 Å². The summed E-state index contributed by atoms with van der Waals surface area (Å²) in [7, 11) is 0. The summed E-state index contributed by atoms with van der Waals surface area (Å²) in [4.78, 5) is 14.9. The van der Waals surface area contributed by atoms with Gasteiger partial charge in [-0.15, -0.1) is 0 Å². The van der Waals surface area contributed by atoms with Crippen LogP contribution in [0.15, 0.2) is 16.8 Å². The quantitative estimate of drug-likeness (QED) is 0.828. The van der Waals surface area contributed by atoms with Crippen LogP contribution >= 0.6 is 11.3 Å². The molecule has 1 saturated heterocycles. The highest BCUT2D eigenvalue weighted by atomic mass is 32.1. The molecule has 1 aliphatic heterocycles. The molecule has 1 amide bonds. The van der Waals surface area contributed by atoms with Gasteiger partial charge in [-0.25, -0.2) is 0 Å². The van der Waals surface area contributed by atoms with Gasteiger partial charge in [0.05, 0.1) is 0 Å². The SMILES string of the molecule is CCCCC(CC)CN1C(=O)C2(CC2)NC1c1ccsc1. The lowest BCUT2D eigenvalue weighted by Gasteiger charge is -2.28. The first kappa shape index (κ1) is 15.0. The third kappa shape index (κ3) is 2.88. The summed E-state index contributed by atoms with van der Waals surface area (Å²) in [6.07, 6.45) is 7.02. The van der Waals surface area contributed by atoms with Gasteiger partial charge in [0, 0.05) is 6.54 Å². The molecule has 2 heterocycles. The van der Waals surface area contributed by atoms with Crippen molar-refractivity contribution in [2.24, 2.45) is 5.92 Å². The van der Waals surface area contributed by atoms with Crippen molar-refractivity contribution in [3.63, 3.8) is 0 Å². The molecule has 2 unspecified atom stereocenters. The second-order valence-electron chi connectivity index (χ2n) is 6.56. The number of unbranched alkanes of at least 4 members (excludes halogenated alkanes) is 1. The molecule has 1 aromatic heterocycles. The zero-order valence-corrected chi connectivity index (χ0v) is 13.9. The molecule has 116 valence electrons. The Hall–Kier alpha value is -0.870. The maximum Gasteiger partial charge on any atom is 0.244 e. The van der Waals surface area contributed by atoms with E-state index in [2.05, 4.69) is 40.9 Å². The lowest BCUT2D eigenvalue weighted by Crippen LogP contribution is -2.35. The number of hydrogen-bond donors (Lipinski definition) is 1. The number of hydrogen-bond acceptors (Lipinski definition) is 3. The Kier molecular flexibility index (Phi) is 4.36. The maximum absolute atomic E-state index is 12.8. The highest BCUT2D eigenvalue weighted by Gasteiger charge is 2.59. The average Bonchev–Trinajstić information content (AvgIpc) is 2.98. The zero-order valence-electron chi connectivity index (χ0n) is 13.1. The summed E-state index contributed by atoms with van der Waals surface area (Å²) < 4.78 is 0. The van der Waals surface area contributed by atoms with E-state index in [0.717, 1.165) is 25.8 Å². The van der Waals surface area contributed by atoms with Crippen molar-refractivity contribution in [3.05, 3.63) is 22.4 Å². The Labute approximate surface area is 131 Å². The minimum Gasteiger partial charge on any atom is -0.321 e. The molecular formula is C17H26N2OS. The highest BCUT2D eigenvalue weighted by Crippen LogP contribution is 2.46. The summed E-state index contributed by atoms with van der Waals surface area (Å²) in [5, 5.41) is 7.89. The van der Waals surface area contributed by atoms with Crippen LogP contribution in [-0.4, -0.2) is 22.9 Å². The van der Waals surface area contributed by atoms with Crippen LogP contribution in [0.1, 0.15) is 64.1 Å². The summed E-state index contributed by atoms with van der Waals surface area (Å²) in [5.74, 6) is 0.972. The smallest absolute Gasteiger partial charge is 0.244 e. The van der Waals surface area contributed by atoms with E-state index >= 15 is 0 Å². The van der Waals surface area contributed by atoms with E-state index in [-0.39, 0.29) is 11.7 Å². The van der Waals surface area contributed by atoms with Crippen LogP contribution in [0.4, 0.5) is 0 Å². The average molecular weight is 306 g/mol. The molecule has 2 aliphatic rings. The minimum atomic E-state index is -0.213. The molecule has 3 rings (SSSR count). The van der Waals surface area contributed by atoms with Crippen LogP contribution in [0.5, 0.6) is 0 Å². The zero-order chi connectivity index (χ0) is 14.9. The van der Waals surface area contributed by atoms with E-state index in [9.17, 15) is 4.79 Å². The Balaban J connectivity index is 1.75. The lowest BCUT2D eigenvalue weighted by atomic mass is 9.98. The minimum absolute atomic E-state index is 0.0990. The molecule has 1 saturated carbocycles. The van der Waals surface area contributed by atoms with Crippen molar-refractivity contribution in [2.45, 2.75) is 64.1 Å². The van der Waals surface area contributed by atoms with Gasteiger partial charge in [-0.3, -0.25) is 10.1 Å². The topological polar surface area (TPSA) is 32.3 Å². The highest BCUT2D eigenvalue weighted by molar-refractivity contribution is 7.07. The van der Waals surface area contributed by atoms with Gasteiger partial charge in [0.25, 0.3) is 0 Å². The Bertz CT molecular complexity index is 481. The van der Waals surface area contributed by atoms with Crippen molar-refractivity contribution in [3.8, 4) is 0 Å². The maximum atomic E-state index is 12.8. The van der Waals surface area contributed by atoms with Crippen LogP contribution in [0.2, 0.25) is 0 Å². The van der Waals surface area contributed by atoms with Crippen LogP contribution in [0.25, 0.3) is 0 Å². The number of carbonyl (C=O) groups excluding carboxylic acids is 1. The van der Waals surface area contributed by atoms with Crippen LogP contribution in [-0.2, 0) is 4.79 Å². The van der Waals surface area contributed by atoms with Gasteiger partial charge in [-0.1, -0.05) is 33.1 Å². The summed E-state index contributed by atoms with van der Waals surface area (Å²) >= 11 is 1.71. The molecule has 0 aromatic carbocycles. The summed E-state index contributed by atoms with van der Waals surface area (Å²) in [5.41, 5.74) is 1.04. The lowest BCUT2D eigenvalue weighted by molar-refractivity contribution is -0.131. The van der Waals surface area contributed by atoms with Crippen molar-refractivity contribution < 1.29 is 4.79 Å². The normalized spacial score (nSPS) is 24.8. The Morgan fingerprint density at radius 3 is 2.86 bits per heavy atom. The third-order valence-corrected chi connectivity index (χ3v) is 5.70. The Morgan fingerprint density at radius 1 is 1.48 bits per heavy atom. The predicted molar refractivity (Wildman–Crippen MR) is 87.2 cm³/mol. The van der Waals surface area contributed by atoms with Crippen molar-refractivity contribution in [1.82, 2.24) is 10.2 Å². The molecule has 21 heavy (non-hydrogen) atoms. The molecule has 2 fully saturated rings. The van der Waals surface area contributed by atoms with Crippen LogP contribution in [0.3, 0.4) is 0 Å². The predicted octanol–water partition coefficient (Wildman–Crippen LogP) is 3.93. The van der Waals surface area contributed by atoms with Crippen LogP contribution in [0, 0.1) is 5.92 Å². The van der Waals surface area contributed by atoms with Gasteiger partial charge in [0.15, 0.2) is 0 Å². The number of rotatable bonds is 7. The fraction of sp³-hybridized carbons (Fsp3) is 0.706. The van der Waals surface area contributed by atoms with Crippen LogP contribution < -0.4 is 5.32 Å². The molecule has 1 aromatic rings. The molecule has 0 bridgehead atoms. The number of carbonyl (C=O) groups is 1. The van der Waals surface area contributed by atoms with E-state index in [0.29, 0.717) is 11.8 Å². The number of nitrogens with zero attached hydrogens (tertiary/aromatic N) is 1. The third-order valence-electron chi connectivity index (χ3n) is 5.00. The first-order valence-corrected chi connectivity index (χ1v) is 9.25. The van der Waals surface area contributed by atoms with Gasteiger partial charge in [-0.05, 0) is 47.6 Å². The molecule has 4 heteroatoms. The van der Waals surface area contributed by atoms with Gasteiger partial charge < -0.3 is 4.90 Å². The van der Waals surface area contributed by atoms with E-state index in [1.165, 1.54) is 24.8 Å². The first-order chi connectivity index (χ1) is 10.2. The second kappa shape index (κ2) is 6.09. The van der Waals surface area contributed by atoms with E-state index < -0.39 is 0 Å². The first-order valence-electron chi connectivity index (χ1n) is 8.31. The number of nitrogens with one attached hydrogen (secondary N) is 1. The molecule has 1 spiro atoms. The molecule has 1 N–H and O–H groups in total. The molecule has 1 aliphatic carbocycles. The standard InChI is InChI=1S/C17H26N2OS/c1-3-5-6-13(4-2)11-19-15(14-7-10-21-12-14)18-17(8-9-17)16(19)20/h7,10,12-13,15,18H,3-6,8-9,11H2,1-2H3. The molecule has 3 nitrogen and oxygen atoms in total. The Morgan fingerprint density at radius 2 is 2.29 bits per heavy atom. The van der Waals surface area contributed by atoms with Crippen molar-refractivity contribution in [2.75, 3.05) is 6.54 Å². The van der Waals surface area contributed by atoms with Crippen molar-refractivity contribution in [1.29, 1.82) is 0 Å². The van der Waals surface area contributed by atoms with E-state index in [1.54, 1.807) is 11.3 Å². The van der Waals surface area contributed by atoms with Crippen molar-refractivity contribution >= 4 is 17.2 Å². The number of amides is 1. The fourth-order valence-electron chi connectivity index (χ4n) is 3.35. The van der Waals surface area contributed by atoms with E-state index in [1.807, 2.05) is 0 Å². The van der Waals surface area contributed by atoms with Gasteiger partial charge in [-0.2, -0.15) is 11.3 Å². The summed E-state index contributed by atoms with van der Waals surface area (Å²) in [6.45, 7) is 5.40. The van der Waals surface area contributed by atoms with Gasteiger partial charge in [0.2, 0.25) is 5.91 Å². The van der Waals surface area contributed by atoms with Gasteiger partial charge in [0.1, 0.15) is 11.7 Å². The monoisotopic (exact) mass is 306 g/mol. The molecule has 0 radical (unpaired) electrons. The molecule has 2 atom stereocenters. The molecular weight excluding hydrogens is 280 g/mol.